The van der Waals surface area contributed by atoms with E-state index in [1.165, 1.54) is 28.4 Å². The quantitative estimate of drug-likeness (QED) is 0.393. The number of hydrogen-bond acceptors (Lipinski definition) is 5. The summed E-state index contributed by atoms with van der Waals surface area (Å²) in [6, 6.07) is 11.8. The average Bonchev–Trinajstić information content (AvgIpc) is 2.86. The van der Waals surface area contributed by atoms with Gasteiger partial charge in [0, 0.05) is 25.6 Å². The molecule has 37 heavy (non-hydrogen) atoms. The summed E-state index contributed by atoms with van der Waals surface area (Å²) in [4.78, 5) is 28.0. The van der Waals surface area contributed by atoms with Crippen molar-refractivity contribution in [2.45, 2.75) is 65.1 Å². The van der Waals surface area contributed by atoms with Gasteiger partial charge in [-0.2, -0.15) is 0 Å². The van der Waals surface area contributed by atoms with E-state index in [0.717, 1.165) is 12.7 Å². The highest BCUT2D eigenvalue weighted by atomic mass is 32.2. The summed E-state index contributed by atoms with van der Waals surface area (Å²) in [5.74, 6) is -0.520. The normalized spacial score (nSPS) is 12.9. The van der Waals surface area contributed by atoms with Crippen LogP contribution >= 0.6 is 0 Å². The molecule has 2 amide bonds. The maximum atomic E-state index is 13.4. The van der Waals surface area contributed by atoms with Crippen LogP contribution in [0.4, 0.5) is 10.1 Å². The number of rotatable bonds is 14. The SMILES string of the molecule is CC[C@@H](C)NC(=O)[C@@H](CC)N(Cc1ccc(F)cc1)C(=O)CCCN(c1ccccc1OC)S(C)(=O)=O. The Morgan fingerprint density at radius 1 is 1.05 bits per heavy atom. The predicted molar refractivity (Wildman–Crippen MR) is 143 cm³/mol. The van der Waals surface area contributed by atoms with Crippen LogP contribution in [0.5, 0.6) is 5.75 Å². The zero-order valence-electron chi connectivity index (χ0n) is 22.2. The van der Waals surface area contributed by atoms with E-state index in [9.17, 15) is 22.4 Å². The zero-order chi connectivity index (χ0) is 27.6. The molecule has 0 heterocycles. The Morgan fingerprint density at radius 2 is 1.70 bits per heavy atom. The summed E-state index contributed by atoms with van der Waals surface area (Å²) in [6.07, 6.45) is 2.50. The van der Waals surface area contributed by atoms with Gasteiger partial charge in [-0.15, -0.1) is 0 Å². The van der Waals surface area contributed by atoms with Crippen LogP contribution in [-0.2, 0) is 26.2 Å². The molecule has 0 aliphatic heterocycles. The lowest BCUT2D eigenvalue weighted by atomic mass is 10.1. The van der Waals surface area contributed by atoms with Gasteiger partial charge in [-0.05, 0) is 56.0 Å². The Hall–Kier alpha value is -3.14. The average molecular weight is 536 g/mol. The number of benzene rings is 2. The topological polar surface area (TPSA) is 96.0 Å². The molecule has 204 valence electrons. The number of ether oxygens (including phenoxy) is 1. The fraction of sp³-hybridized carbons (Fsp3) is 0.481. The molecule has 0 spiro atoms. The smallest absolute Gasteiger partial charge is 0.243 e. The van der Waals surface area contributed by atoms with Crippen LogP contribution in [0, 0.1) is 5.82 Å². The second-order valence-electron chi connectivity index (χ2n) is 9.00. The maximum Gasteiger partial charge on any atom is 0.243 e. The minimum absolute atomic E-state index is 0.0233. The van der Waals surface area contributed by atoms with E-state index in [4.69, 9.17) is 4.74 Å². The van der Waals surface area contributed by atoms with Crippen molar-refractivity contribution in [3.05, 3.63) is 59.9 Å². The molecule has 0 saturated carbocycles. The van der Waals surface area contributed by atoms with Gasteiger partial charge >= 0.3 is 0 Å². The standard InChI is InChI=1S/C27H38FN3O5S/c1-6-20(3)29-27(33)23(7-2)30(19-21-14-16-22(28)17-15-21)26(32)13-10-18-31(37(5,34)35)24-11-8-9-12-25(24)36-4/h8-9,11-12,14-17,20,23H,6-7,10,13,18-19H2,1-5H3,(H,29,33)/t20-,23-/m1/s1. The summed E-state index contributed by atoms with van der Waals surface area (Å²) in [6.45, 7) is 5.88. The minimum atomic E-state index is -3.64. The van der Waals surface area contributed by atoms with E-state index in [1.54, 1.807) is 36.4 Å². The van der Waals surface area contributed by atoms with E-state index >= 15 is 0 Å². The van der Waals surface area contributed by atoms with Gasteiger partial charge in [0.2, 0.25) is 21.8 Å². The van der Waals surface area contributed by atoms with Crippen molar-refractivity contribution in [3.63, 3.8) is 0 Å². The molecule has 8 nitrogen and oxygen atoms in total. The van der Waals surface area contributed by atoms with Gasteiger partial charge in [0.1, 0.15) is 17.6 Å². The number of amides is 2. The van der Waals surface area contributed by atoms with E-state index in [2.05, 4.69) is 5.32 Å². The van der Waals surface area contributed by atoms with Crippen LogP contribution in [0.15, 0.2) is 48.5 Å². The molecule has 0 radical (unpaired) electrons. The Morgan fingerprint density at radius 3 is 2.27 bits per heavy atom. The second kappa shape index (κ2) is 14.0. The number of para-hydroxylation sites is 2. The zero-order valence-corrected chi connectivity index (χ0v) is 23.1. The monoisotopic (exact) mass is 535 g/mol. The number of nitrogens with zero attached hydrogens (tertiary/aromatic N) is 2. The molecule has 2 aromatic rings. The molecule has 2 rings (SSSR count). The largest absolute Gasteiger partial charge is 0.495 e. The Labute approximate surface area is 219 Å². The Kier molecular flexibility index (Phi) is 11.4. The molecular weight excluding hydrogens is 497 g/mol. The summed E-state index contributed by atoms with van der Waals surface area (Å²) < 4.78 is 45.1. The molecule has 0 fully saturated rings. The molecule has 0 unspecified atom stereocenters. The lowest BCUT2D eigenvalue weighted by Crippen LogP contribution is -2.50. The van der Waals surface area contributed by atoms with Gasteiger partial charge in [0.25, 0.3) is 0 Å². The molecule has 0 aliphatic carbocycles. The van der Waals surface area contributed by atoms with Crippen molar-refractivity contribution < 1.29 is 27.1 Å². The fourth-order valence-corrected chi connectivity index (χ4v) is 4.93. The first-order valence-corrected chi connectivity index (χ1v) is 14.3. The van der Waals surface area contributed by atoms with Gasteiger partial charge < -0.3 is 15.0 Å². The minimum Gasteiger partial charge on any atom is -0.495 e. The molecule has 0 aliphatic rings. The van der Waals surface area contributed by atoms with E-state index < -0.39 is 16.1 Å². The first kappa shape index (κ1) is 30.1. The third kappa shape index (κ3) is 8.73. The van der Waals surface area contributed by atoms with Crippen molar-refractivity contribution in [2.24, 2.45) is 0 Å². The lowest BCUT2D eigenvalue weighted by Gasteiger charge is -2.32. The number of halogens is 1. The number of anilines is 1. The van der Waals surface area contributed by atoms with Crippen molar-refractivity contribution >= 4 is 27.5 Å². The number of sulfonamides is 1. The van der Waals surface area contributed by atoms with Gasteiger partial charge in [-0.1, -0.05) is 38.1 Å². The number of methoxy groups -OCH3 is 1. The predicted octanol–water partition coefficient (Wildman–Crippen LogP) is 4.10. The summed E-state index contributed by atoms with van der Waals surface area (Å²) >= 11 is 0. The van der Waals surface area contributed by atoms with Gasteiger partial charge in [0.05, 0.1) is 19.1 Å². The van der Waals surface area contributed by atoms with Crippen molar-refractivity contribution in [1.82, 2.24) is 10.2 Å². The van der Waals surface area contributed by atoms with E-state index in [-0.39, 0.29) is 49.6 Å². The number of carbonyl (C=O) groups is 2. The van der Waals surface area contributed by atoms with Crippen LogP contribution in [0.1, 0.15) is 52.0 Å². The molecular formula is C27H38FN3O5S. The summed E-state index contributed by atoms with van der Waals surface area (Å²) in [5, 5.41) is 2.94. The summed E-state index contributed by atoms with van der Waals surface area (Å²) in [5.41, 5.74) is 1.08. The lowest BCUT2D eigenvalue weighted by molar-refractivity contribution is -0.141. The second-order valence-corrected chi connectivity index (χ2v) is 10.9. The van der Waals surface area contributed by atoms with Crippen molar-refractivity contribution in [3.8, 4) is 5.75 Å². The van der Waals surface area contributed by atoms with Crippen LogP contribution in [0.25, 0.3) is 0 Å². The van der Waals surface area contributed by atoms with Crippen LogP contribution in [-0.4, -0.2) is 57.1 Å². The molecule has 0 bridgehead atoms. The van der Waals surface area contributed by atoms with Crippen molar-refractivity contribution in [1.29, 1.82) is 0 Å². The highest BCUT2D eigenvalue weighted by Gasteiger charge is 2.29. The van der Waals surface area contributed by atoms with Crippen LogP contribution < -0.4 is 14.4 Å². The molecule has 0 aromatic heterocycles. The van der Waals surface area contributed by atoms with E-state index in [1.807, 2.05) is 20.8 Å². The number of nitrogens with one attached hydrogen (secondary N) is 1. The first-order valence-electron chi connectivity index (χ1n) is 12.5. The van der Waals surface area contributed by atoms with Crippen LogP contribution in [0.2, 0.25) is 0 Å². The third-order valence-corrected chi connectivity index (χ3v) is 7.34. The highest BCUT2D eigenvalue weighted by molar-refractivity contribution is 7.92. The van der Waals surface area contributed by atoms with Crippen molar-refractivity contribution in [2.75, 3.05) is 24.2 Å². The molecule has 1 N–H and O–H groups in total. The van der Waals surface area contributed by atoms with Gasteiger partial charge in [-0.3, -0.25) is 13.9 Å². The number of carbonyl (C=O) groups excluding carboxylic acids is 2. The Bertz CT molecular complexity index is 1140. The Balaban J connectivity index is 2.24. The van der Waals surface area contributed by atoms with Gasteiger partial charge in [-0.25, -0.2) is 12.8 Å². The maximum absolute atomic E-state index is 13.4. The van der Waals surface area contributed by atoms with Gasteiger partial charge in [0.15, 0.2) is 0 Å². The van der Waals surface area contributed by atoms with Crippen LogP contribution in [0.3, 0.4) is 0 Å². The summed E-state index contributed by atoms with van der Waals surface area (Å²) in [7, 11) is -2.18. The molecule has 2 atom stereocenters. The third-order valence-electron chi connectivity index (χ3n) is 6.16. The van der Waals surface area contributed by atoms with E-state index in [0.29, 0.717) is 23.4 Å². The molecule has 2 aromatic carbocycles. The first-order chi connectivity index (χ1) is 17.5. The highest BCUT2D eigenvalue weighted by Crippen LogP contribution is 2.29. The number of hydrogen-bond donors (Lipinski definition) is 1. The fourth-order valence-electron chi connectivity index (χ4n) is 3.97. The molecule has 0 saturated heterocycles. The molecule has 10 heteroatoms.